The van der Waals surface area contributed by atoms with E-state index in [0.717, 1.165) is 6.07 Å². The summed E-state index contributed by atoms with van der Waals surface area (Å²) in [4.78, 5) is 0. The zero-order valence-corrected chi connectivity index (χ0v) is 7.22. The second-order valence-electron chi connectivity index (χ2n) is 2.76. The molecule has 0 radical (unpaired) electrons. The van der Waals surface area contributed by atoms with Crippen LogP contribution in [0.3, 0.4) is 0 Å². The van der Waals surface area contributed by atoms with Crippen molar-refractivity contribution in [2.24, 2.45) is 0 Å². The zero-order chi connectivity index (χ0) is 10.0. The van der Waals surface area contributed by atoms with Crippen LogP contribution in [0.15, 0.2) is 24.8 Å². The van der Waals surface area contributed by atoms with E-state index >= 15 is 0 Å². The van der Waals surface area contributed by atoms with Gasteiger partial charge in [-0.3, -0.25) is 0 Å². The van der Waals surface area contributed by atoms with Crippen molar-refractivity contribution >= 4 is 0 Å². The summed E-state index contributed by atoms with van der Waals surface area (Å²) in [5, 5.41) is 9.32. The van der Waals surface area contributed by atoms with Gasteiger partial charge in [-0.05, 0) is 24.1 Å². The summed E-state index contributed by atoms with van der Waals surface area (Å²) in [5.41, 5.74) is 0.460. The van der Waals surface area contributed by atoms with Crippen LogP contribution in [-0.4, -0.2) is 5.11 Å². The van der Waals surface area contributed by atoms with Crippen molar-refractivity contribution in [1.82, 2.24) is 0 Å². The number of rotatable bonds is 2. The maximum atomic E-state index is 13.0. The average Bonchev–Trinajstić information content (AvgIpc) is 2.13. The summed E-state index contributed by atoms with van der Waals surface area (Å²) < 4.78 is 25.6. The topological polar surface area (TPSA) is 20.2 Å². The molecule has 0 aromatic heterocycles. The molecule has 3 heteroatoms. The minimum Gasteiger partial charge on any atom is -0.384 e. The Morgan fingerprint density at radius 2 is 2.08 bits per heavy atom. The van der Waals surface area contributed by atoms with Gasteiger partial charge in [0, 0.05) is 0 Å². The molecule has 1 atom stereocenters. The van der Waals surface area contributed by atoms with Gasteiger partial charge in [-0.1, -0.05) is 12.1 Å². The van der Waals surface area contributed by atoms with Gasteiger partial charge >= 0.3 is 0 Å². The molecule has 0 fully saturated rings. The van der Waals surface area contributed by atoms with Gasteiger partial charge < -0.3 is 5.11 Å². The van der Waals surface area contributed by atoms with E-state index < -0.39 is 17.7 Å². The van der Waals surface area contributed by atoms with Crippen molar-refractivity contribution in [1.29, 1.82) is 0 Å². The van der Waals surface area contributed by atoms with Gasteiger partial charge in [0.25, 0.3) is 0 Å². The number of hydrogen-bond acceptors (Lipinski definition) is 1. The van der Waals surface area contributed by atoms with Crippen LogP contribution < -0.4 is 0 Å². The fourth-order valence-corrected chi connectivity index (χ4v) is 1.11. The van der Waals surface area contributed by atoms with Crippen LogP contribution in [0.25, 0.3) is 0 Å². The minimum absolute atomic E-state index is 0.118. The standard InChI is InChI=1S/C10H10F2O/c1-3-9(13)7-4-5-8(11)10(12)6(7)2/h3-5,9,13H,1H2,2H3. The van der Waals surface area contributed by atoms with Crippen LogP contribution >= 0.6 is 0 Å². The molecule has 1 N–H and O–H groups in total. The Bertz CT molecular complexity index is 334. The lowest BCUT2D eigenvalue weighted by Gasteiger charge is -2.10. The molecule has 0 heterocycles. The molecule has 0 aliphatic heterocycles. The van der Waals surface area contributed by atoms with Gasteiger partial charge in [0.1, 0.15) is 0 Å². The lowest BCUT2D eigenvalue weighted by Crippen LogP contribution is -2.00. The van der Waals surface area contributed by atoms with Gasteiger partial charge in [-0.25, -0.2) is 8.78 Å². The number of halogens is 2. The summed E-state index contributed by atoms with van der Waals surface area (Å²) in [6.07, 6.45) is 0.315. The maximum absolute atomic E-state index is 13.0. The third-order valence-corrected chi connectivity index (χ3v) is 1.92. The maximum Gasteiger partial charge on any atom is 0.162 e. The van der Waals surface area contributed by atoms with Crippen molar-refractivity contribution < 1.29 is 13.9 Å². The van der Waals surface area contributed by atoms with Gasteiger partial charge in [-0.2, -0.15) is 0 Å². The molecule has 1 aromatic carbocycles. The second-order valence-corrected chi connectivity index (χ2v) is 2.76. The van der Waals surface area contributed by atoms with E-state index in [1.165, 1.54) is 19.1 Å². The molecule has 1 unspecified atom stereocenters. The van der Waals surface area contributed by atoms with E-state index in [-0.39, 0.29) is 5.56 Å². The number of aliphatic hydroxyl groups is 1. The van der Waals surface area contributed by atoms with Crippen LogP contribution in [0.1, 0.15) is 17.2 Å². The van der Waals surface area contributed by atoms with Crippen LogP contribution in [-0.2, 0) is 0 Å². The van der Waals surface area contributed by atoms with E-state index in [1.807, 2.05) is 0 Å². The van der Waals surface area contributed by atoms with Gasteiger partial charge in [0.05, 0.1) is 6.10 Å². The highest BCUT2D eigenvalue weighted by molar-refractivity contribution is 5.31. The molecule has 0 saturated heterocycles. The number of benzene rings is 1. The van der Waals surface area contributed by atoms with Crippen molar-refractivity contribution in [3.63, 3.8) is 0 Å². The first-order valence-corrected chi connectivity index (χ1v) is 3.83. The average molecular weight is 184 g/mol. The first kappa shape index (κ1) is 9.86. The Morgan fingerprint density at radius 1 is 1.46 bits per heavy atom. The molecular formula is C10H10F2O. The Morgan fingerprint density at radius 3 is 2.62 bits per heavy atom. The lowest BCUT2D eigenvalue weighted by molar-refractivity contribution is 0.227. The Balaban J connectivity index is 3.25. The SMILES string of the molecule is C=CC(O)c1ccc(F)c(F)c1C. The largest absolute Gasteiger partial charge is 0.384 e. The third-order valence-electron chi connectivity index (χ3n) is 1.92. The van der Waals surface area contributed by atoms with E-state index in [2.05, 4.69) is 6.58 Å². The highest BCUT2D eigenvalue weighted by atomic mass is 19.2. The predicted molar refractivity (Wildman–Crippen MR) is 46.3 cm³/mol. The quantitative estimate of drug-likeness (QED) is 0.700. The molecule has 1 rings (SSSR count). The van der Waals surface area contributed by atoms with Gasteiger partial charge in [0.2, 0.25) is 0 Å². The van der Waals surface area contributed by atoms with Crippen molar-refractivity contribution in [3.8, 4) is 0 Å². The molecule has 0 saturated carbocycles. The van der Waals surface area contributed by atoms with E-state index in [0.29, 0.717) is 5.56 Å². The Labute approximate surface area is 75.3 Å². The van der Waals surface area contributed by atoms with Crippen LogP contribution in [0.5, 0.6) is 0 Å². The normalized spacial score (nSPS) is 12.6. The molecule has 13 heavy (non-hydrogen) atoms. The second kappa shape index (κ2) is 3.66. The predicted octanol–water partition coefficient (Wildman–Crippen LogP) is 2.49. The first-order chi connectivity index (χ1) is 6.07. The molecule has 0 bridgehead atoms. The zero-order valence-electron chi connectivity index (χ0n) is 7.22. The fourth-order valence-electron chi connectivity index (χ4n) is 1.11. The first-order valence-electron chi connectivity index (χ1n) is 3.83. The van der Waals surface area contributed by atoms with Crippen molar-refractivity contribution in [3.05, 3.63) is 47.5 Å². The molecule has 0 spiro atoms. The monoisotopic (exact) mass is 184 g/mol. The molecular weight excluding hydrogens is 174 g/mol. The minimum atomic E-state index is -0.949. The summed E-state index contributed by atoms with van der Waals surface area (Å²) in [6.45, 7) is 4.78. The third kappa shape index (κ3) is 1.75. The van der Waals surface area contributed by atoms with Crippen LogP contribution in [0.2, 0.25) is 0 Å². The summed E-state index contributed by atoms with van der Waals surface area (Å²) in [6, 6.07) is 2.34. The van der Waals surface area contributed by atoms with Gasteiger partial charge in [-0.15, -0.1) is 6.58 Å². The number of aliphatic hydroxyl groups excluding tert-OH is 1. The molecule has 1 aromatic rings. The molecule has 1 nitrogen and oxygen atoms in total. The number of hydrogen-bond donors (Lipinski definition) is 1. The Kier molecular flexibility index (Phi) is 2.78. The van der Waals surface area contributed by atoms with E-state index in [4.69, 9.17) is 0 Å². The summed E-state index contributed by atoms with van der Waals surface area (Å²) in [5.74, 6) is -1.82. The summed E-state index contributed by atoms with van der Waals surface area (Å²) in [7, 11) is 0. The molecule has 0 aliphatic rings. The molecule has 70 valence electrons. The smallest absolute Gasteiger partial charge is 0.162 e. The van der Waals surface area contributed by atoms with E-state index in [1.54, 1.807) is 0 Å². The lowest BCUT2D eigenvalue weighted by atomic mass is 10.0. The molecule has 0 amide bonds. The highest BCUT2D eigenvalue weighted by Gasteiger charge is 2.13. The van der Waals surface area contributed by atoms with Gasteiger partial charge in [0.15, 0.2) is 11.6 Å². The molecule has 0 aliphatic carbocycles. The van der Waals surface area contributed by atoms with Crippen molar-refractivity contribution in [2.75, 3.05) is 0 Å². The highest BCUT2D eigenvalue weighted by Crippen LogP contribution is 2.22. The van der Waals surface area contributed by atoms with Crippen molar-refractivity contribution in [2.45, 2.75) is 13.0 Å². The van der Waals surface area contributed by atoms with E-state index in [9.17, 15) is 13.9 Å². The van der Waals surface area contributed by atoms with Crippen LogP contribution in [0, 0.1) is 18.6 Å². The Hall–Kier alpha value is -1.22. The fraction of sp³-hybridized carbons (Fsp3) is 0.200. The van der Waals surface area contributed by atoms with Crippen LogP contribution in [0.4, 0.5) is 8.78 Å². The summed E-state index contributed by atoms with van der Waals surface area (Å²) >= 11 is 0.